The van der Waals surface area contributed by atoms with E-state index in [1.807, 2.05) is 12.1 Å². The van der Waals surface area contributed by atoms with Gasteiger partial charge in [0.2, 0.25) is 5.91 Å². The van der Waals surface area contributed by atoms with E-state index in [1.165, 1.54) is 23.1 Å². The Hall–Kier alpha value is -2.03. The van der Waals surface area contributed by atoms with Crippen LogP contribution < -0.4 is 10.9 Å². The van der Waals surface area contributed by atoms with E-state index in [0.29, 0.717) is 26.3 Å². The fraction of sp³-hybridized carbons (Fsp3) is 0.133. The fourth-order valence-electron chi connectivity index (χ4n) is 1.99. The first-order valence-corrected chi connectivity index (χ1v) is 9.06. The molecule has 0 saturated carbocycles. The summed E-state index contributed by atoms with van der Waals surface area (Å²) in [5, 5.41) is 13.2. The number of halogens is 1. The Balaban J connectivity index is 1.58. The predicted molar refractivity (Wildman–Crippen MR) is 95.9 cm³/mol. The molecular formula is C15H12ClN3O3S2. The van der Waals surface area contributed by atoms with Gasteiger partial charge in [0, 0.05) is 17.6 Å². The summed E-state index contributed by atoms with van der Waals surface area (Å²) >= 11 is 8.36. The number of amides is 1. The van der Waals surface area contributed by atoms with Crippen molar-refractivity contribution in [2.24, 2.45) is 0 Å². The number of aromatic nitrogens is 2. The van der Waals surface area contributed by atoms with Crippen molar-refractivity contribution in [3.8, 4) is 5.75 Å². The molecule has 124 valence electrons. The van der Waals surface area contributed by atoms with Crippen LogP contribution in [0, 0.1) is 0 Å². The molecule has 0 radical (unpaired) electrons. The highest BCUT2D eigenvalue weighted by Gasteiger charge is 2.11. The number of hydrogen-bond acceptors (Lipinski definition) is 6. The van der Waals surface area contributed by atoms with Crippen LogP contribution in [0.4, 0.5) is 0 Å². The van der Waals surface area contributed by atoms with Crippen LogP contribution >= 0.6 is 34.7 Å². The van der Waals surface area contributed by atoms with Crippen LogP contribution in [-0.2, 0) is 11.3 Å². The minimum atomic E-state index is -0.416. The quantitative estimate of drug-likeness (QED) is 0.591. The van der Waals surface area contributed by atoms with E-state index < -0.39 is 5.56 Å². The second-order valence-corrected chi connectivity index (χ2v) is 7.53. The van der Waals surface area contributed by atoms with Crippen LogP contribution in [-0.4, -0.2) is 26.7 Å². The molecule has 0 aliphatic rings. The van der Waals surface area contributed by atoms with Crippen LogP contribution in [0.2, 0.25) is 5.02 Å². The molecule has 3 aromatic rings. The number of nitrogens with zero attached hydrogens (tertiary/aromatic N) is 1. The number of carbonyl (C=O) groups excluding carboxylic acids is 1. The van der Waals surface area contributed by atoms with Crippen LogP contribution in [0.25, 0.3) is 10.3 Å². The highest BCUT2D eigenvalue weighted by Crippen LogP contribution is 2.32. The van der Waals surface area contributed by atoms with Crippen molar-refractivity contribution in [3.63, 3.8) is 0 Å². The third-order valence-corrected chi connectivity index (χ3v) is 5.51. The summed E-state index contributed by atoms with van der Waals surface area (Å²) in [4.78, 5) is 30.0. The number of fused-ring (bicyclic) bond motifs is 1. The molecule has 9 heteroatoms. The number of thioether (sulfide) groups is 1. The molecule has 0 fully saturated rings. The van der Waals surface area contributed by atoms with Gasteiger partial charge in [-0.3, -0.25) is 9.59 Å². The third kappa shape index (κ3) is 4.08. The standard InChI is InChI=1S/C15H12ClN3O3S2/c16-9-3-1-2-8(4-9)6-17-12(22)7-23-15-19-14-13(24-15)10(20)5-11(21)18-14/h1-5H,6-7H2,(H,17,22)(H2,18,20,21). The van der Waals surface area contributed by atoms with Crippen LogP contribution in [0.3, 0.4) is 0 Å². The van der Waals surface area contributed by atoms with Gasteiger partial charge in [0.25, 0.3) is 5.56 Å². The van der Waals surface area contributed by atoms with Gasteiger partial charge in [0.05, 0.1) is 5.75 Å². The maximum absolute atomic E-state index is 11.9. The number of benzene rings is 1. The lowest BCUT2D eigenvalue weighted by Crippen LogP contribution is -2.24. The van der Waals surface area contributed by atoms with Crippen molar-refractivity contribution in [1.29, 1.82) is 0 Å². The maximum atomic E-state index is 11.9. The Morgan fingerprint density at radius 1 is 1.42 bits per heavy atom. The second kappa shape index (κ2) is 7.25. The Morgan fingerprint density at radius 2 is 2.25 bits per heavy atom. The maximum Gasteiger partial charge on any atom is 0.253 e. The molecule has 2 aromatic heterocycles. The average Bonchev–Trinajstić information content (AvgIpc) is 2.94. The van der Waals surface area contributed by atoms with E-state index >= 15 is 0 Å². The highest BCUT2D eigenvalue weighted by atomic mass is 35.5. The Kier molecular flexibility index (Phi) is 5.08. The molecule has 0 saturated heterocycles. The molecular weight excluding hydrogens is 370 g/mol. The molecule has 0 aliphatic heterocycles. The van der Waals surface area contributed by atoms with E-state index in [0.717, 1.165) is 11.6 Å². The molecule has 1 aromatic carbocycles. The molecule has 2 heterocycles. The van der Waals surface area contributed by atoms with Crippen molar-refractivity contribution in [1.82, 2.24) is 15.3 Å². The minimum Gasteiger partial charge on any atom is -0.506 e. The van der Waals surface area contributed by atoms with Crippen LogP contribution in [0.15, 0.2) is 39.5 Å². The summed E-state index contributed by atoms with van der Waals surface area (Å²) in [5.74, 6) is -0.0637. The first-order chi connectivity index (χ1) is 11.5. The number of nitrogens with one attached hydrogen (secondary N) is 2. The molecule has 0 bridgehead atoms. The van der Waals surface area contributed by atoms with Crippen molar-refractivity contribution in [2.45, 2.75) is 10.9 Å². The number of thiazole rings is 1. The van der Waals surface area contributed by atoms with Gasteiger partial charge < -0.3 is 15.4 Å². The average molecular weight is 382 g/mol. The van der Waals surface area contributed by atoms with E-state index in [9.17, 15) is 14.7 Å². The Morgan fingerprint density at radius 3 is 3.04 bits per heavy atom. The van der Waals surface area contributed by atoms with E-state index in [4.69, 9.17) is 11.6 Å². The summed E-state index contributed by atoms with van der Waals surface area (Å²) in [5.41, 5.74) is 0.830. The first-order valence-electron chi connectivity index (χ1n) is 6.88. The summed E-state index contributed by atoms with van der Waals surface area (Å²) in [6, 6.07) is 8.38. The molecule has 6 nitrogen and oxygen atoms in total. The van der Waals surface area contributed by atoms with Crippen molar-refractivity contribution < 1.29 is 9.90 Å². The molecule has 0 atom stereocenters. The van der Waals surface area contributed by atoms with Crippen LogP contribution in [0.5, 0.6) is 5.75 Å². The molecule has 0 spiro atoms. The van der Waals surface area contributed by atoms with Gasteiger partial charge in [-0.25, -0.2) is 4.98 Å². The number of rotatable bonds is 5. The van der Waals surface area contributed by atoms with Gasteiger partial charge in [-0.2, -0.15) is 0 Å². The Labute approximate surface area is 149 Å². The number of hydrogen-bond donors (Lipinski definition) is 3. The number of H-pyrrole nitrogens is 1. The van der Waals surface area contributed by atoms with Crippen molar-refractivity contribution in [3.05, 3.63) is 51.3 Å². The summed E-state index contributed by atoms with van der Waals surface area (Å²) in [7, 11) is 0. The summed E-state index contributed by atoms with van der Waals surface area (Å²) in [6.07, 6.45) is 0. The minimum absolute atomic E-state index is 0.108. The monoisotopic (exact) mass is 381 g/mol. The highest BCUT2D eigenvalue weighted by molar-refractivity contribution is 8.01. The van der Waals surface area contributed by atoms with Gasteiger partial charge in [-0.05, 0) is 17.7 Å². The number of aromatic amines is 1. The SMILES string of the molecule is O=C(CSc1nc2[nH]c(=O)cc(O)c2s1)NCc1cccc(Cl)c1. The molecule has 0 unspecified atom stereocenters. The molecule has 24 heavy (non-hydrogen) atoms. The number of aromatic hydroxyl groups is 1. The van der Waals surface area contributed by atoms with E-state index in [-0.39, 0.29) is 17.4 Å². The lowest BCUT2D eigenvalue weighted by Gasteiger charge is -2.04. The van der Waals surface area contributed by atoms with Gasteiger partial charge in [-0.15, -0.1) is 11.3 Å². The molecule has 3 N–H and O–H groups in total. The predicted octanol–water partition coefficient (Wildman–Crippen LogP) is 2.75. The normalized spacial score (nSPS) is 10.9. The summed E-state index contributed by atoms with van der Waals surface area (Å²) < 4.78 is 1.09. The lowest BCUT2D eigenvalue weighted by molar-refractivity contribution is -0.118. The third-order valence-electron chi connectivity index (χ3n) is 3.06. The fourth-order valence-corrected chi connectivity index (χ4v) is 4.05. The van der Waals surface area contributed by atoms with E-state index in [1.54, 1.807) is 12.1 Å². The Bertz CT molecular complexity index is 955. The first kappa shape index (κ1) is 16.8. The number of carbonyl (C=O) groups is 1. The van der Waals surface area contributed by atoms with Gasteiger partial charge in [0.1, 0.15) is 10.4 Å². The number of pyridine rings is 1. The van der Waals surface area contributed by atoms with Gasteiger partial charge >= 0.3 is 0 Å². The van der Waals surface area contributed by atoms with Crippen LogP contribution in [0.1, 0.15) is 5.56 Å². The zero-order valence-electron chi connectivity index (χ0n) is 12.2. The largest absolute Gasteiger partial charge is 0.506 e. The molecule has 1 amide bonds. The van der Waals surface area contributed by atoms with Gasteiger partial charge in [-0.1, -0.05) is 35.5 Å². The van der Waals surface area contributed by atoms with E-state index in [2.05, 4.69) is 15.3 Å². The van der Waals surface area contributed by atoms with Crippen molar-refractivity contribution in [2.75, 3.05) is 5.75 Å². The second-order valence-electron chi connectivity index (χ2n) is 4.87. The molecule has 3 rings (SSSR count). The van der Waals surface area contributed by atoms with Gasteiger partial charge in [0.15, 0.2) is 9.99 Å². The zero-order chi connectivity index (χ0) is 17.1. The molecule has 0 aliphatic carbocycles. The topological polar surface area (TPSA) is 95.1 Å². The zero-order valence-corrected chi connectivity index (χ0v) is 14.6. The smallest absolute Gasteiger partial charge is 0.253 e. The summed E-state index contributed by atoms with van der Waals surface area (Å²) in [6.45, 7) is 0.397. The lowest BCUT2D eigenvalue weighted by atomic mass is 10.2. The van der Waals surface area contributed by atoms with Crippen molar-refractivity contribution >= 4 is 51.0 Å².